The molecule has 7 heteroatoms. The van der Waals surface area contributed by atoms with Gasteiger partial charge in [0.2, 0.25) is 11.7 Å². The normalized spacial score (nSPS) is 11.7. The summed E-state index contributed by atoms with van der Waals surface area (Å²) in [6.07, 6.45) is 0.912. The quantitative estimate of drug-likeness (QED) is 0.593. The van der Waals surface area contributed by atoms with Crippen molar-refractivity contribution in [2.75, 3.05) is 7.11 Å². The van der Waals surface area contributed by atoms with Gasteiger partial charge in [0.15, 0.2) is 6.10 Å². The van der Waals surface area contributed by atoms with Crippen LogP contribution in [0.2, 0.25) is 0 Å². The number of carbonyl (C=O) groups excluding carboxylic acids is 1. The van der Waals surface area contributed by atoms with E-state index in [1.165, 1.54) is 5.56 Å². The summed E-state index contributed by atoms with van der Waals surface area (Å²) in [5.41, 5.74) is 2.02. The van der Waals surface area contributed by atoms with Crippen LogP contribution in [-0.2, 0) is 17.8 Å². The van der Waals surface area contributed by atoms with Gasteiger partial charge in [0.25, 0.3) is 5.91 Å². The van der Waals surface area contributed by atoms with E-state index in [1.807, 2.05) is 55.5 Å². The molecular weight excluding hydrogens is 370 g/mol. The summed E-state index contributed by atoms with van der Waals surface area (Å²) >= 11 is 0. The van der Waals surface area contributed by atoms with E-state index in [4.69, 9.17) is 14.0 Å². The number of benzene rings is 2. The number of methoxy groups -OCH3 is 1. The molecule has 0 aliphatic heterocycles. The lowest BCUT2D eigenvalue weighted by Gasteiger charge is -2.17. The van der Waals surface area contributed by atoms with Gasteiger partial charge in [0, 0.05) is 5.56 Å². The smallest absolute Gasteiger partial charge is 0.261 e. The highest BCUT2D eigenvalue weighted by atomic mass is 16.5. The number of carbonyl (C=O) groups is 1. The molecule has 0 fully saturated rings. The van der Waals surface area contributed by atoms with Gasteiger partial charge in [-0.15, -0.1) is 0 Å². The molecule has 0 unspecified atom stereocenters. The Labute approximate surface area is 170 Å². The predicted octanol–water partition coefficient (Wildman–Crippen LogP) is 3.78. The van der Waals surface area contributed by atoms with E-state index >= 15 is 0 Å². The molecule has 1 N–H and O–H groups in total. The van der Waals surface area contributed by atoms with E-state index < -0.39 is 6.10 Å². The van der Waals surface area contributed by atoms with Gasteiger partial charge in [-0.1, -0.05) is 31.1 Å². The highest BCUT2D eigenvalue weighted by Crippen LogP contribution is 2.20. The minimum absolute atomic E-state index is 0.136. The van der Waals surface area contributed by atoms with Gasteiger partial charge in [0.05, 0.1) is 13.7 Å². The topological polar surface area (TPSA) is 86.5 Å². The van der Waals surface area contributed by atoms with Crippen molar-refractivity contribution < 1.29 is 18.8 Å². The second kappa shape index (κ2) is 9.73. The van der Waals surface area contributed by atoms with Crippen molar-refractivity contribution in [1.29, 1.82) is 0 Å². The standard InChI is InChI=1S/C22H25N3O4/c1-4-15-6-10-18(11-7-15)28-19(5-2)22(26)23-14-20-24-21(25-29-20)16-8-12-17(27-3)13-9-16/h6-13,19H,4-5,14H2,1-3H3,(H,23,26)/t19-/m1/s1. The largest absolute Gasteiger partial charge is 0.497 e. The number of aromatic nitrogens is 2. The fourth-order valence-electron chi connectivity index (χ4n) is 2.75. The Kier molecular flexibility index (Phi) is 6.84. The van der Waals surface area contributed by atoms with E-state index in [0.717, 1.165) is 17.7 Å². The fourth-order valence-corrected chi connectivity index (χ4v) is 2.75. The summed E-state index contributed by atoms with van der Waals surface area (Å²) in [5.74, 6) is 1.97. The number of hydrogen-bond donors (Lipinski definition) is 1. The van der Waals surface area contributed by atoms with Crippen molar-refractivity contribution in [3.05, 3.63) is 60.0 Å². The zero-order valence-electron chi connectivity index (χ0n) is 16.8. The summed E-state index contributed by atoms with van der Waals surface area (Å²) in [4.78, 5) is 16.8. The molecule has 0 radical (unpaired) electrons. The number of amides is 1. The monoisotopic (exact) mass is 395 g/mol. The molecular formula is C22H25N3O4. The second-order valence-electron chi connectivity index (χ2n) is 6.47. The maximum absolute atomic E-state index is 12.5. The first-order chi connectivity index (χ1) is 14.1. The van der Waals surface area contributed by atoms with E-state index in [2.05, 4.69) is 22.4 Å². The van der Waals surface area contributed by atoms with E-state index in [-0.39, 0.29) is 12.5 Å². The first-order valence-electron chi connectivity index (χ1n) is 9.63. The molecule has 1 heterocycles. The van der Waals surface area contributed by atoms with Crippen LogP contribution in [0, 0.1) is 0 Å². The van der Waals surface area contributed by atoms with Gasteiger partial charge in [-0.05, 0) is 54.8 Å². The number of nitrogens with one attached hydrogen (secondary N) is 1. The van der Waals surface area contributed by atoms with Crippen molar-refractivity contribution in [2.24, 2.45) is 0 Å². The molecule has 1 aromatic heterocycles. The molecule has 1 atom stereocenters. The zero-order chi connectivity index (χ0) is 20.6. The van der Waals surface area contributed by atoms with Gasteiger partial charge in [-0.3, -0.25) is 4.79 Å². The minimum atomic E-state index is -0.591. The van der Waals surface area contributed by atoms with Crippen LogP contribution in [0.1, 0.15) is 31.7 Å². The molecule has 0 aliphatic carbocycles. The van der Waals surface area contributed by atoms with Gasteiger partial charge < -0.3 is 19.3 Å². The third-order valence-corrected chi connectivity index (χ3v) is 4.50. The van der Waals surface area contributed by atoms with Crippen LogP contribution in [-0.4, -0.2) is 29.3 Å². The van der Waals surface area contributed by atoms with Crippen molar-refractivity contribution >= 4 is 5.91 Å². The minimum Gasteiger partial charge on any atom is -0.497 e. The average Bonchev–Trinajstić information content (AvgIpc) is 3.25. The number of hydrogen-bond acceptors (Lipinski definition) is 6. The Morgan fingerprint density at radius 1 is 1.07 bits per heavy atom. The van der Waals surface area contributed by atoms with Crippen molar-refractivity contribution in [3.63, 3.8) is 0 Å². The summed E-state index contributed by atoms with van der Waals surface area (Å²) < 4.78 is 16.2. The van der Waals surface area contributed by atoms with Crippen LogP contribution in [0.25, 0.3) is 11.4 Å². The van der Waals surface area contributed by atoms with Crippen LogP contribution < -0.4 is 14.8 Å². The van der Waals surface area contributed by atoms with E-state index in [1.54, 1.807) is 7.11 Å². The molecule has 7 nitrogen and oxygen atoms in total. The van der Waals surface area contributed by atoms with Crippen molar-refractivity contribution in [2.45, 2.75) is 39.3 Å². The first kappa shape index (κ1) is 20.4. The maximum Gasteiger partial charge on any atom is 0.261 e. The van der Waals surface area contributed by atoms with Crippen LogP contribution in [0.5, 0.6) is 11.5 Å². The Morgan fingerprint density at radius 2 is 1.76 bits per heavy atom. The van der Waals surface area contributed by atoms with Gasteiger partial charge in [-0.25, -0.2) is 0 Å². The third kappa shape index (κ3) is 5.34. The molecule has 1 amide bonds. The number of ether oxygens (including phenoxy) is 2. The molecule has 0 saturated carbocycles. The van der Waals surface area contributed by atoms with Crippen LogP contribution in [0.4, 0.5) is 0 Å². The van der Waals surface area contributed by atoms with Gasteiger partial charge >= 0.3 is 0 Å². The van der Waals surface area contributed by atoms with Crippen molar-refractivity contribution in [1.82, 2.24) is 15.5 Å². The number of rotatable bonds is 9. The van der Waals surface area contributed by atoms with Crippen LogP contribution in [0.3, 0.4) is 0 Å². The summed E-state index contributed by atoms with van der Waals surface area (Å²) in [6.45, 7) is 4.13. The molecule has 2 aromatic carbocycles. The fraction of sp³-hybridized carbons (Fsp3) is 0.318. The van der Waals surface area contributed by atoms with Crippen LogP contribution in [0.15, 0.2) is 53.1 Å². The molecule has 3 rings (SSSR count). The Bertz CT molecular complexity index is 920. The summed E-state index contributed by atoms with van der Waals surface area (Å²) in [7, 11) is 1.61. The molecule has 0 aliphatic rings. The Hall–Kier alpha value is -3.35. The SMILES string of the molecule is CCc1ccc(O[C@H](CC)C(=O)NCc2nc(-c3ccc(OC)cc3)no2)cc1. The number of aryl methyl sites for hydroxylation is 1. The number of nitrogens with zero attached hydrogens (tertiary/aromatic N) is 2. The molecule has 0 spiro atoms. The highest BCUT2D eigenvalue weighted by molar-refractivity contribution is 5.81. The van der Waals surface area contributed by atoms with E-state index in [0.29, 0.717) is 23.9 Å². The lowest BCUT2D eigenvalue weighted by atomic mass is 10.2. The zero-order valence-corrected chi connectivity index (χ0v) is 16.8. The van der Waals surface area contributed by atoms with Crippen LogP contribution >= 0.6 is 0 Å². The highest BCUT2D eigenvalue weighted by Gasteiger charge is 2.19. The Balaban J connectivity index is 1.56. The predicted molar refractivity (Wildman–Crippen MR) is 109 cm³/mol. The third-order valence-electron chi connectivity index (χ3n) is 4.50. The maximum atomic E-state index is 12.5. The van der Waals surface area contributed by atoms with E-state index in [9.17, 15) is 4.79 Å². The molecule has 0 saturated heterocycles. The first-order valence-corrected chi connectivity index (χ1v) is 9.63. The lowest BCUT2D eigenvalue weighted by Crippen LogP contribution is -2.37. The van der Waals surface area contributed by atoms with Crippen molar-refractivity contribution in [3.8, 4) is 22.9 Å². The molecule has 3 aromatic rings. The Morgan fingerprint density at radius 3 is 2.38 bits per heavy atom. The molecule has 0 bridgehead atoms. The second-order valence-corrected chi connectivity index (χ2v) is 6.47. The summed E-state index contributed by atoms with van der Waals surface area (Å²) in [6, 6.07) is 15.1. The molecule has 29 heavy (non-hydrogen) atoms. The average molecular weight is 395 g/mol. The lowest BCUT2D eigenvalue weighted by molar-refractivity contribution is -0.128. The molecule has 152 valence electrons. The van der Waals surface area contributed by atoms with Gasteiger partial charge in [0.1, 0.15) is 11.5 Å². The summed E-state index contributed by atoms with van der Waals surface area (Å²) in [5, 5.41) is 6.76. The van der Waals surface area contributed by atoms with Gasteiger partial charge in [-0.2, -0.15) is 4.98 Å².